The number of hydrogen-bond acceptors (Lipinski definition) is 3. The normalized spacial score (nSPS) is 15.5. The van der Waals surface area contributed by atoms with Crippen molar-refractivity contribution in [3.8, 4) is 0 Å². The van der Waals surface area contributed by atoms with E-state index in [1.807, 2.05) is 11.4 Å². The van der Waals surface area contributed by atoms with Gasteiger partial charge in [0, 0.05) is 29.4 Å². The Morgan fingerprint density at radius 1 is 0.970 bits per heavy atom. The van der Waals surface area contributed by atoms with Crippen LogP contribution in [0.3, 0.4) is 0 Å². The van der Waals surface area contributed by atoms with Gasteiger partial charge in [0.1, 0.15) is 5.82 Å². The number of nitrogens with one attached hydrogen (secondary N) is 1. The number of halogens is 1. The Balaban J connectivity index is 1.40. The number of amides is 2. The van der Waals surface area contributed by atoms with E-state index in [9.17, 15) is 14.0 Å². The van der Waals surface area contributed by atoms with Gasteiger partial charge >= 0.3 is 0 Å². The van der Waals surface area contributed by atoms with Crippen molar-refractivity contribution in [2.24, 2.45) is 5.92 Å². The van der Waals surface area contributed by atoms with Gasteiger partial charge in [0.15, 0.2) is 0 Å². The summed E-state index contributed by atoms with van der Waals surface area (Å²) in [6, 6.07) is 17.9. The van der Waals surface area contributed by atoms with Crippen LogP contribution in [0.4, 0.5) is 4.39 Å². The van der Waals surface area contributed by atoms with Crippen LogP contribution in [0, 0.1) is 11.7 Å². The van der Waals surface area contributed by atoms with Crippen LogP contribution >= 0.6 is 11.3 Å². The summed E-state index contributed by atoms with van der Waals surface area (Å²) < 4.78 is 13.1. The molecule has 1 N–H and O–H groups in total. The second kappa shape index (κ2) is 10.3. The molecule has 1 aliphatic rings. The van der Waals surface area contributed by atoms with Crippen LogP contribution in [-0.2, 0) is 4.79 Å². The van der Waals surface area contributed by atoms with Gasteiger partial charge < -0.3 is 10.2 Å². The lowest BCUT2D eigenvalue weighted by atomic mass is 9.94. The Morgan fingerprint density at radius 2 is 1.61 bits per heavy atom. The number of carbonyl (C=O) groups is 2. The average molecular weight is 465 g/mol. The number of likely N-dealkylation sites (tertiary alicyclic amines) is 1. The van der Waals surface area contributed by atoms with Crippen LogP contribution in [0.25, 0.3) is 0 Å². The van der Waals surface area contributed by atoms with Crippen molar-refractivity contribution >= 4 is 23.2 Å². The first-order chi connectivity index (χ1) is 15.9. The first-order valence-corrected chi connectivity index (χ1v) is 12.3. The maximum atomic E-state index is 13.2. The largest absolute Gasteiger partial charge is 0.344 e. The van der Waals surface area contributed by atoms with Crippen molar-refractivity contribution in [2.45, 2.75) is 38.6 Å². The summed E-state index contributed by atoms with van der Waals surface area (Å²) in [5, 5.41) is 5.29. The first-order valence-electron chi connectivity index (χ1n) is 11.4. The zero-order valence-electron chi connectivity index (χ0n) is 19.0. The van der Waals surface area contributed by atoms with Crippen LogP contribution in [0.15, 0.2) is 66.0 Å². The number of nitrogens with zero attached hydrogens (tertiary/aromatic N) is 1. The van der Waals surface area contributed by atoms with Gasteiger partial charge in [-0.1, -0.05) is 44.2 Å². The third-order valence-electron chi connectivity index (χ3n) is 6.29. The van der Waals surface area contributed by atoms with Crippen LogP contribution in [0.2, 0.25) is 0 Å². The van der Waals surface area contributed by atoms with Crippen molar-refractivity contribution in [1.82, 2.24) is 10.2 Å². The fourth-order valence-electron chi connectivity index (χ4n) is 4.23. The summed E-state index contributed by atoms with van der Waals surface area (Å²) >= 11 is 1.63. The predicted octanol–water partition coefficient (Wildman–Crippen LogP) is 5.77. The van der Waals surface area contributed by atoms with Gasteiger partial charge in [-0.05, 0) is 65.6 Å². The van der Waals surface area contributed by atoms with Gasteiger partial charge in [-0.3, -0.25) is 9.59 Å². The Morgan fingerprint density at radius 3 is 2.18 bits per heavy atom. The van der Waals surface area contributed by atoms with Crippen molar-refractivity contribution in [3.05, 3.63) is 93.4 Å². The Labute approximate surface area is 198 Å². The summed E-state index contributed by atoms with van der Waals surface area (Å²) in [6.07, 6.45) is 1.23. The molecule has 0 saturated carbocycles. The van der Waals surface area contributed by atoms with Gasteiger partial charge in [0.2, 0.25) is 5.91 Å². The lowest BCUT2D eigenvalue weighted by molar-refractivity contribution is -0.126. The average Bonchev–Trinajstić information content (AvgIpc) is 3.37. The highest BCUT2D eigenvalue weighted by Crippen LogP contribution is 2.29. The van der Waals surface area contributed by atoms with Crippen LogP contribution in [0.1, 0.15) is 65.0 Å². The molecule has 2 aromatic carbocycles. The molecule has 1 unspecified atom stereocenters. The fourth-order valence-corrected chi connectivity index (χ4v) is 5.03. The minimum Gasteiger partial charge on any atom is -0.344 e. The van der Waals surface area contributed by atoms with E-state index in [1.54, 1.807) is 16.2 Å². The molecule has 0 spiro atoms. The fraction of sp³-hybridized carbons (Fsp3) is 0.333. The lowest BCUT2D eigenvalue weighted by Gasteiger charge is -2.32. The number of benzene rings is 2. The standard InChI is InChI=1S/C27H29FN2O2S/c1-18(2)19-5-7-20(8-6-19)25(24-4-3-17-33-24)29-26(31)21-13-15-30(16-14-21)27(32)22-9-11-23(28)12-10-22/h3-12,17-18,21,25H,13-16H2,1-2H3,(H,29,31). The third-order valence-corrected chi connectivity index (χ3v) is 7.23. The molecule has 4 rings (SSSR count). The molecule has 33 heavy (non-hydrogen) atoms. The van der Waals surface area contributed by atoms with Crippen molar-refractivity contribution in [3.63, 3.8) is 0 Å². The zero-order chi connectivity index (χ0) is 23.4. The van der Waals surface area contributed by atoms with Crippen molar-refractivity contribution in [1.29, 1.82) is 0 Å². The predicted molar refractivity (Wildman–Crippen MR) is 130 cm³/mol. The molecular weight excluding hydrogens is 435 g/mol. The molecule has 3 aromatic rings. The molecule has 1 aliphatic heterocycles. The minimum atomic E-state index is -0.360. The second-order valence-corrected chi connectivity index (χ2v) is 9.83. The highest BCUT2D eigenvalue weighted by molar-refractivity contribution is 7.10. The smallest absolute Gasteiger partial charge is 0.253 e. The Hall–Kier alpha value is -2.99. The number of carbonyl (C=O) groups excluding carboxylic acids is 2. The van der Waals surface area contributed by atoms with Crippen LogP contribution in [-0.4, -0.2) is 29.8 Å². The van der Waals surface area contributed by atoms with Crippen LogP contribution < -0.4 is 5.32 Å². The number of piperidine rings is 1. The molecular formula is C27H29FN2O2S. The number of rotatable bonds is 6. The lowest BCUT2D eigenvalue weighted by Crippen LogP contribution is -2.43. The maximum absolute atomic E-state index is 13.2. The van der Waals surface area contributed by atoms with E-state index in [-0.39, 0.29) is 29.6 Å². The minimum absolute atomic E-state index is 0.0233. The SMILES string of the molecule is CC(C)c1ccc(C(NC(=O)C2CCN(C(=O)c3ccc(F)cc3)CC2)c2cccs2)cc1. The van der Waals surface area contributed by atoms with Gasteiger partial charge in [0.05, 0.1) is 6.04 Å². The summed E-state index contributed by atoms with van der Waals surface area (Å²) in [7, 11) is 0. The number of hydrogen-bond donors (Lipinski definition) is 1. The van der Waals surface area contributed by atoms with Gasteiger partial charge in [-0.25, -0.2) is 4.39 Å². The van der Waals surface area contributed by atoms with Crippen molar-refractivity contribution in [2.75, 3.05) is 13.1 Å². The van der Waals surface area contributed by atoms with Gasteiger partial charge in [-0.15, -0.1) is 11.3 Å². The van der Waals surface area contributed by atoms with Gasteiger partial charge in [-0.2, -0.15) is 0 Å². The van der Waals surface area contributed by atoms with E-state index >= 15 is 0 Å². The van der Waals surface area contributed by atoms with Gasteiger partial charge in [0.25, 0.3) is 5.91 Å². The molecule has 1 atom stereocenters. The topological polar surface area (TPSA) is 49.4 Å². The number of thiophene rings is 1. The first kappa shape index (κ1) is 23.2. The summed E-state index contributed by atoms with van der Waals surface area (Å²) in [5.74, 6) is -0.136. The van der Waals surface area contributed by atoms with Crippen LogP contribution in [0.5, 0.6) is 0 Å². The summed E-state index contributed by atoms with van der Waals surface area (Å²) in [4.78, 5) is 28.7. The van der Waals surface area contributed by atoms with Crippen molar-refractivity contribution < 1.29 is 14.0 Å². The van der Waals surface area contributed by atoms with E-state index in [1.165, 1.54) is 29.8 Å². The molecule has 172 valence electrons. The molecule has 6 heteroatoms. The zero-order valence-corrected chi connectivity index (χ0v) is 19.8. The summed E-state index contributed by atoms with van der Waals surface area (Å²) in [5.41, 5.74) is 2.81. The summed E-state index contributed by atoms with van der Waals surface area (Å²) in [6.45, 7) is 5.36. The molecule has 0 bridgehead atoms. The Bertz CT molecular complexity index is 1070. The second-order valence-electron chi connectivity index (χ2n) is 8.85. The van der Waals surface area contributed by atoms with E-state index < -0.39 is 0 Å². The molecule has 2 amide bonds. The highest BCUT2D eigenvalue weighted by Gasteiger charge is 2.30. The Kier molecular flexibility index (Phi) is 7.23. The molecule has 0 radical (unpaired) electrons. The molecule has 4 nitrogen and oxygen atoms in total. The molecule has 2 heterocycles. The van der Waals surface area contributed by atoms with E-state index in [2.05, 4.69) is 49.5 Å². The quantitative estimate of drug-likeness (QED) is 0.504. The van der Waals surface area contributed by atoms with E-state index in [4.69, 9.17) is 0 Å². The highest BCUT2D eigenvalue weighted by atomic mass is 32.1. The monoisotopic (exact) mass is 464 g/mol. The maximum Gasteiger partial charge on any atom is 0.253 e. The third kappa shape index (κ3) is 5.50. The molecule has 0 aliphatic carbocycles. The molecule has 1 fully saturated rings. The molecule has 1 saturated heterocycles. The molecule has 1 aromatic heterocycles. The van der Waals surface area contributed by atoms with E-state index in [0.29, 0.717) is 37.4 Å². The van der Waals surface area contributed by atoms with E-state index in [0.717, 1.165) is 10.4 Å².